The summed E-state index contributed by atoms with van der Waals surface area (Å²) in [5.74, 6) is 1.71. The SMILES string of the molecule is Cc1c(C(C)C)ccc2c3ccccc3n(-c3c[n+](C)cn3C)c12. The van der Waals surface area contributed by atoms with Crippen molar-refractivity contribution in [1.82, 2.24) is 9.13 Å². The lowest BCUT2D eigenvalue weighted by atomic mass is 9.95. The van der Waals surface area contributed by atoms with Crippen LogP contribution in [0.3, 0.4) is 0 Å². The van der Waals surface area contributed by atoms with Gasteiger partial charge in [-0.25, -0.2) is 9.13 Å². The highest BCUT2D eigenvalue weighted by Gasteiger charge is 2.20. The van der Waals surface area contributed by atoms with Gasteiger partial charge < -0.3 is 0 Å². The van der Waals surface area contributed by atoms with Gasteiger partial charge in [0.1, 0.15) is 0 Å². The molecule has 0 spiro atoms. The fourth-order valence-corrected chi connectivity index (χ4v) is 3.96. The van der Waals surface area contributed by atoms with Crippen LogP contribution in [-0.4, -0.2) is 9.13 Å². The molecule has 0 saturated heterocycles. The third-order valence-electron chi connectivity index (χ3n) is 5.02. The number of nitrogens with zero attached hydrogens (tertiary/aromatic N) is 3. The summed E-state index contributed by atoms with van der Waals surface area (Å²) in [6, 6.07) is 13.3. The molecule has 122 valence electrons. The Morgan fingerprint density at radius 3 is 2.42 bits per heavy atom. The molecule has 4 aromatic rings. The molecule has 0 fully saturated rings. The number of rotatable bonds is 2. The quantitative estimate of drug-likeness (QED) is 0.487. The Morgan fingerprint density at radius 2 is 1.75 bits per heavy atom. The molecule has 0 aliphatic carbocycles. The van der Waals surface area contributed by atoms with E-state index in [9.17, 15) is 0 Å². The largest absolute Gasteiger partial charge is 0.273 e. The Hall–Kier alpha value is -2.55. The van der Waals surface area contributed by atoms with Gasteiger partial charge in [-0.3, -0.25) is 4.57 Å². The highest BCUT2D eigenvalue weighted by molar-refractivity contribution is 6.10. The van der Waals surface area contributed by atoms with Crippen molar-refractivity contribution in [3.05, 3.63) is 60.0 Å². The van der Waals surface area contributed by atoms with Crippen LogP contribution in [0.25, 0.3) is 27.6 Å². The number of benzene rings is 2. The predicted octanol–water partition coefficient (Wildman–Crippen LogP) is 4.38. The van der Waals surface area contributed by atoms with Crippen LogP contribution in [-0.2, 0) is 14.1 Å². The number of aryl methyl sites for hydroxylation is 3. The molecule has 0 N–H and O–H groups in total. The normalized spacial score (nSPS) is 11.9. The second-order valence-corrected chi connectivity index (χ2v) is 7.06. The molecule has 2 aromatic carbocycles. The molecule has 2 aromatic heterocycles. The van der Waals surface area contributed by atoms with Crippen LogP contribution in [0.1, 0.15) is 30.9 Å². The molecule has 0 aliphatic rings. The van der Waals surface area contributed by atoms with E-state index in [0.717, 1.165) is 0 Å². The van der Waals surface area contributed by atoms with Gasteiger partial charge in [0.05, 0.1) is 25.1 Å². The van der Waals surface area contributed by atoms with Gasteiger partial charge in [-0.1, -0.05) is 44.2 Å². The minimum absolute atomic E-state index is 0.519. The standard InChI is InChI=1S/C21H24N3/c1-14(2)16-10-11-18-17-8-6-7-9-19(17)24(21(18)15(16)3)20-12-22(4)13-23(20)5/h6-14H,1-5H3/q+1. The summed E-state index contributed by atoms with van der Waals surface area (Å²) in [4.78, 5) is 0. The summed E-state index contributed by atoms with van der Waals surface area (Å²) in [7, 11) is 4.18. The van der Waals surface area contributed by atoms with E-state index in [-0.39, 0.29) is 0 Å². The smallest absolute Gasteiger partial charge is 0.245 e. The average Bonchev–Trinajstić information content (AvgIpc) is 3.04. The van der Waals surface area contributed by atoms with E-state index < -0.39 is 0 Å². The van der Waals surface area contributed by atoms with Crippen LogP contribution in [0.4, 0.5) is 0 Å². The highest BCUT2D eigenvalue weighted by Crippen LogP contribution is 2.36. The summed E-state index contributed by atoms with van der Waals surface area (Å²) in [6.45, 7) is 6.79. The maximum Gasteiger partial charge on any atom is 0.245 e. The molecule has 0 atom stereocenters. The average molecular weight is 318 g/mol. The summed E-state index contributed by atoms with van der Waals surface area (Å²) >= 11 is 0. The summed E-state index contributed by atoms with van der Waals surface area (Å²) in [6.07, 6.45) is 4.30. The zero-order valence-corrected chi connectivity index (χ0v) is 15.0. The zero-order valence-electron chi connectivity index (χ0n) is 15.0. The van der Waals surface area contributed by atoms with Gasteiger partial charge in [-0.2, -0.15) is 0 Å². The first kappa shape index (κ1) is 15.0. The Bertz CT molecular complexity index is 1060. The predicted molar refractivity (Wildman–Crippen MR) is 99.8 cm³/mol. The molecule has 0 amide bonds. The van der Waals surface area contributed by atoms with Crippen molar-refractivity contribution in [2.24, 2.45) is 14.1 Å². The van der Waals surface area contributed by atoms with E-state index in [2.05, 4.69) is 97.5 Å². The Labute approximate surface area is 142 Å². The third-order valence-corrected chi connectivity index (χ3v) is 5.02. The molecular formula is C21H24N3+. The molecule has 0 unspecified atom stereocenters. The maximum absolute atomic E-state index is 2.41. The molecule has 4 rings (SSSR count). The number of para-hydroxylation sites is 1. The van der Waals surface area contributed by atoms with Crippen molar-refractivity contribution in [1.29, 1.82) is 0 Å². The van der Waals surface area contributed by atoms with Crippen molar-refractivity contribution in [2.45, 2.75) is 26.7 Å². The lowest BCUT2D eigenvalue weighted by molar-refractivity contribution is -0.670. The summed E-state index contributed by atoms with van der Waals surface area (Å²) in [5.41, 5.74) is 5.38. The monoisotopic (exact) mass is 318 g/mol. The number of fused-ring (bicyclic) bond motifs is 3. The fraction of sp³-hybridized carbons (Fsp3) is 0.286. The van der Waals surface area contributed by atoms with E-state index >= 15 is 0 Å². The van der Waals surface area contributed by atoms with Crippen LogP contribution >= 0.6 is 0 Å². The minimum Gasteiger partial charge on any atom is -0.273 e. The number of hydrogen-bond acceptors (Lipinski definition) is 0. The molecule has 3 nitrogen and oxygen atoms in total. The van der Waals surface area contributed by atoms with E-state index in [1.165, 1.54) is 38.8 Å². The first-order valence-electron chi connectivity index (χ1n) is 8.53. The molecular weight excluding hydrogens is 294 g/mol. The first-order valence-corrected chi connectivity index (χ1v) is 8.53. The second-order valence-electron chi connectivity index (χ2n) is 7.06. The molecule has 2 heterocycles. The minimum atomic E-state index is 0.519. The van der Waals surface area contributed by atoms with Crippen molar-refractivity contribution < 1.29 is 4.57 Å². The zero-order chi connectivity index (χ0) is 17.0. The van der Waals surface area contributed by atoms with Gasteiger partial charge in [-0.05, 0) is 30.0 Å². The van der Waals surface area contributed by atoms with Gasteiger partial charge in [0.15, 0.2) is 6.20 Å². The van der Waals surface area contributed by atoms with Crippen molar-refractivity contribution in [2.75, 3.05) is 0 Å². The number of imidazole rings is 1. The van der Waals surface area contributed by atoms with Gasteiger partial charge >= 0.3 is 0 Å². The van der Waals surface area contributed by atoms with Crippen molar-refractivity contribution >= 4 is 21.8 Å². The molecule has 0 radical (unpaired) electrons. The van der Waals surface area contributed by atoms with Crippen LogP contribution in [0.2, 0.25) is 0 Å². The molecule has 0 aliphatic heterocycles. The molecule has 0 saturated carbocycles. The number of aromatic nitrogens is 3. The van der Waals surface area contributed by atoms with E-state index in [1.54, 1.807) is 0 Å². The molecule has 3 heteroatoms. The topological polar surface area (TPSA) is 13.7 Å². The maximum atomic E-state index is 2.41. The van der Waals surface area contributed by atoms with Crippen molar-refractivity contribution in [3.8, 4) is 5.82 Å². The van der Waals surface area contributed by atoms with Crippen LogP contribution in [0, 0.1) is 6.92 Å². The fourth-order valence-electron chi connectivity index (χ4n) is 3.96. The lowest BCUT2D eigenvalue weighted by Gasteiger charge is -2.13. The Balaban J connectivity index is 2.24. The Morgan fingerprint density at radius 1 is 1.00 bits per heavy atom. The van der Waals surface area contributed by atoms with E-state index in [0.29, 0.717) is 5.92 Å². The number of hydrogen-bond donors (Lipinski definition) is 0. The van der Waals surface area contributed by atoms with Gasteiger partial charge in [0.25, 0.3) is 0 Å². The lowest BCUT2D eigenvalue weighted by Crippen LogP contribution is -2.23. The van der Waals surface area contributed by atoms with E-state index in [4.69, 9.17) is 0 Å². The first-order chi connectivity index (χ1) is 11.5. The summed E-state index contributed by atoms with van der Waals surface area (Å²) < 4.78 is 6.71. The Kier molecular flexibility index (Phi) is 3.27. The van der Waals surface area contributed by atoms with Crippen LogP contribution in [0.15, 0.2) is 48.9 Å². The second kappa shape index (κ2) is 5.23. The molecule has 0 bridgehead atoms. The summed E-state index contributed by atoms with van der Waals surface area (Å²) in [5, 5.41) is 2.64. The molecule has 24 heavy (non-hydrogen) atoms. The third kappa shape index (κ3) is 2.01. The van der Waals surface area contributed by atoms with Gasteiger partial charge in [-0.15, -0.1) is 0 Å². The highest BCUT2D eigenvalue weighted by atomic mass is 15.2. The van der Waals surface area contributed by atoms with E-state index in [1.807, 2.05) is 0 Å². The van der Waals surface area contributed by atoms with Gasteiger partial charge in [0, 0.05) is 10.8 Å². The van der Waals surface area contributed by atoms with Crippen molar-refractivity contribution in [3.63, 3.8) is 0 Å². The van der Waals surface area contributed by atoms with Crippen LogP contribution in [0.5, 0.6) is 0 Å². The van der Waals surface area contributed by atoms with Gasteiger partial charge in [0.2, 0.25) is 12.1 Å². The van der Waals surface area contributed by atoms with Crippen LogP contribution < -0.4 is 4.57 Å².